The summed E-state index contributed by atoms with van der Waals surface area (Å²) < 4.78 is 37.0. The van der Waals surface area contributed by atoms with E-state index in [1.807, 2.05) is 0 Å². The number of carbonyl (C=O) groups is 4. The molecule has 3 aliphatic rings. The molecule has 0 aliphatic carbocycles. The standard InChI is InChI=1S/C35H40O25/c36-11-3-17-12(18(4-11)57-34-29(49)28(48)26(46)21(60-34)9-55-33(53)16(40)6-22(41)42)5-19(31(56-17)10-1-13(37)24(44)14(38)2-10)58-35-30(50)27(47)25(45)20(59-35)8-54-23(43)7-15(39)32(51)52/h1-5,15-16,20-21,25-31,34-40,44-50H,6-9H2,(H,41,42)(H,51,52)/p+1/t15-,16-,20-,21+,25-,26+,27-,28-,29+,30-,31?,34+,35-/m0/s1. The van der Waals surface area contributed by atoms with E-state index in [0.29, 0.717) is 0 Å². The van der Waals surface area contributed by atoms with E-state index >= 15 is 0 Å². The van der Waals surface area contributed by atoms with E-state index in [0.717, 1.165) is 30.3 Å². The molecule has 2 saturated heterocycles. The number of phenols is 4. The van der Waals surface area contributed by atoms with Crippen molar-refractivity contribution in [1.82, 2.24) is 0 Å². The van der Waals surface area contributed by atoms with Crippen LogP contribution in [0, 0.1) is 0 Å². The Bertz CT molecular complexity index is 1930. The van der Waals surface area contributed by atoms with Gasteiger partial charge in [0.15, 0.2) is 35.2 Å². The van der Waals surface area contributed by atoms with Crippen LogP contribution >= 0.6 is 0 Å². The zero-order valence-electron chi connectivity index (χ0n) is 30.5. The molecule has 60 heavy (non-hydrogen) atoms. The first kappa shape index (κ1) is 45.3. The normalized spacial score (nSPS) is 29.7. The Hall–Kier alpha value is -5.74. The van der Waals surface area contributed by atoms with Crippen LogP contribution in [0.3, 0.4) is 0 Å². The highest BCUT2D eigenvalue weighted by Gasteiger charge is 2.49. The van der Waals surface area contributed by atoms with E-state index in [2.05, 4.69) is 4.74 Å². The van der Waals surface area contributed by atoms with Crippen LogP contribution in [-0.4, -0.2) is 187 Å². The van der Waals surface area contributed by atoms with Gasteiger partial charge in [-0.3, -0.25) is 9.59 Å². The molecule has 1 unspecified atom stereocenters. The van der Waals surface area contributed by atoms with Gasteiger partial charge in [-0.1, -0.05) is 0 Å². The minimum atomic E-state index is -2.13. The number of aromatic hydroxyl groups is 5. The Kier molecular flexibility index (Phi) is 14.1. The molecular weight excluding hydrogens is 820 g/mol. The van der Waals surface area contributed by atoms with Crippen molar-refractivity contribution in [2.45, 2.75) is 92.6 Å². The lowest BCUT2D eigenvalue weighted by atomic mass is 9.98. The molecule has 15 N–H and O–H groups in total. The number of esters is 2. The number of carbonyl (C=O) groups excluding carboxylic acids is 2. The quantitative estimate of drug-likeness (QED) is 0.0457. The largest absolute Gasteiger partial charge is 0.571 e. The van der Waals surface area contributed by atoms with Crippen LogP contribution < -0.4 is 4.74 Å². The Morgan fingerprint density at radius 2 is 1.23 bits per heavy atom. The maximum atomic E-state index is 12.1. The molecule has 2 fully saturated rings. The van der Waals surface area contributed by atoms with Gasteiger partial charge in [-0.2, -0.15) is 0 Å². The van der Waals surface area contributed by atoms with Crippen molar-refractivity contribution in [3.63, 3.8) is 0 Å². The van der Waals surface area contributed by atoms with E-state index in [4.69, 9.17) is 38.6 Å². The summed E-state index contributed by atoms with van der Waals surface area (Å²) in [6.45, 7) is -1.76. The summed E-state index contributed by atoms with van der Waals surface area (Å²) in [5.74, 6) is -10.0. The zero-order valence-corrected chi connectivity index (χ0v) is 30.5. The van der Waals surface area contributed by atoms with Crippen molar-refractivity contribution in [1.29, 1.82) is 0 Å². The van der Waals surface area contributed by atoms with Crippen LogP contribution in [0.1, 0.15) is 30.1 Å². The first-order chi connectivity index (χ1) is 28.2. The molecule has 0 radical (unpaired) electrons. The average molecular weight is 862 g/mol. The molecule has 0 aromatic heterocycles. The van der Waals surface area contributed by atoms with Gasteiger partial charge in [0.2, 0.25) is 12.6 Å². The number of ether oxygens (including phenoxy) is 7. The highest BCUT2D eigenvalue weighted by atomic mass is 16.7. The highest BCUT2D eigenvalue weighted by Crippen LogP contribution is 2.48. The Morgan fingerprint density at radius 1 is 0.683 bits per heavy atom. The average Bonchev–Trinajstić information content (AvgIpc) is 3.18. The molecular formula is C35H41O25+. The van der Waals surface area contributed by atoms with Crippen LogP contribution in [0.4, 0.5) is 0 Å². The number of rotatable bonds is 15. The fourth-order valence-electron chi connectivity index (χ4n) is 6.04. The first-order valence-corrected chi connectivity index (χ1v) is 17.6. The van der Waals surface area contributed by atoms with Gasteiger partial charge in [0, 0.05) is 12.1 Å². The van der Waals surface area contributed by atoms with Crippen molar-refractivity contribution in [2.75, 3.05) is 13.2 Å². The number of carboxylic acids is 2. The number of hydrogen-bond acceptors (Lipinski definition) is 22. The van der Waals surface area contributed by atoms with E-state index < -0.39 is 158 Å². The minimum absolute atomic E-state index is 0.118. The first-order valence-electron chi connectivity index (χ1n) is 17.6. The summed E-state index contributed by atoms with van der Waals surface area (Å²) in [5, 5.41) is 142. The van der Waals surface area contributed by atoms with Gasteiger partial charge in [0.05, 0.1) is 24.5 Å². The third-order valence-corrected chi connectivity index (χ3v) is 9.25. The molecule has 0 bridgehead atoms. The molecule has 0 amide bonds. The molecule has 25 heteroatoms. The number of hydrogen-bond donors (Lipinski definition) is 14. The van der Waals surface area contributed by atoms with Crippen molar-refractivity contribution < 1.29 is 124 Å². The van der Waals surface area contributed by atoms with E-state index in [1.165, 1.54) is 0 Å². The van der Waals surface area contributed by atoms with Crippen LogP contribution in [-0.2, 0) is 42.9 Å². The lowest BCUT2D eigenvalue weighted by molar-refractivity contribution is -0.296. The molecule has 2 aromatic carbocycles. The Balaban J connectivity index is 1.46. The van der Waals surface area contributed by atoms with Crippen molar-refractivity contribution in [2.24, 2.45) is 0 Å². The molecule has 3 aliphatic heterocycles. The SMILES string of the molecule is O=C(O)C[C@H](O)C(=O)OC[C@H]1O[C@@H](Oc2cc(O)cc3c2C=C(O[C@H]2O[C@@H](COC(=O)C[C@H](O)C(=O)O)[C@H](O)[C@H](O)[C@@H]2O)C(c2cc(O)c(O)c(O)c2)[OH+]3)[C@H](O)[C@@H](O)[C@@H]1O. The van der Waals surface area contributed by atoms with E-state index in [1.54, 1.807) is 0 Å². The van der Waals surface area contributed by atoms with Gasteiger partial charge in [0.1, 0.15) is 79.1 Å². The second-order valence-corrected chi connectivity index (χ2v) is 13.6. The molecule has 5 rings (SSSR count). The molecule has 0 saturated carbocycles. The predicted molar refractivity (Wildman–Crippen MR) is 185 cm³/mol. The minimum Gasteiger partial charge on any atom is -0.571 e. The fourth-order valence-corrected chi connectivity index (χ4v) is 6.04. The monoisotopic (exact) mass is 861 g/mol. The van der Waals surface area contributed by atoms with Crippen molar-refractivity contribution in [3.8, 4) is 34.5 Å². The third kappa shape index (κ3) is 10.2. The van der Waals surface area contributed by atoms with Crippen LogP contribution in [0.5, 0.6) is 34.5 Å². The van der Waals surface area contributed by atoms with Crippen molar-refractivity contribution >= 4 is 30.0 Å². The van der Waals surface area contributed by atoms with Crippen LogP contribution in [0.25, 0.3) is 6.08 Å². The molecule has 13 atom stereocenters. The van der Waals surface area contributed by atoms with Gasteiger partial charge in [-0.05, 0) is 12.1 Å². The maximum Gasteiger partial charge on any atom is 0.335 e. The summed E-state index contributed by atoms with van der Waals surface area (Å²) >= 11 is 0. The fraction of sp³-hybridized carbons (Fsp3) is 0.486. The third-order valence-electron chi connectivity index (χ3n) is 9.25. The predicted octanol–water partition coefficient (Wildman–Crippen LogP) is -4.39. The van der Waals surface area contributed by atoms with Gasteiger partial charge in [-0.25, -0.2) is 9.59 Å². The lowest BCUT2D eigenvalue weighted by Gasteiger charge is -2.41. The van der Waals surface area contributed by atoms with Gasteiger partial charge >= 0.3 is 23.9 Å². The second-order valence-electron chi connectivity index (χ2n) is 13.6. The lowest BCUT2D eigenvalue weighted by Crippen LogP contribution is -2.60. The van der Waals surface area contributed by atoms with Crippen molar-refractivity contribution in [3.05, 3.63) is 41.2 Å². The van der Waals surface area contributed by atoms with E-state index in [-0.39, 0.29) is 22.6 Å². The van der Waals surface area contributed by atoms with Crippen LogP contribution in [0.2, 0.25) is 0 Å². The summed E-state index contributed by atoms with van der Waals surface area (Å²) in [5.41, 5.74) is -0.247. The Morgan fingerprint density at radius 3 is 1.78 bits per heavy atom. The number of aliphatic hydroxyl groups is 9. The summed E-state index contributed by atoms with van der Waals surface area (Å²) in [4.78, 5) is 45.9. The van der Waals surface area contributed by atoms with Crippen LogP contribution in [0.15, 0.2) is 30.0 Å². The van der Waals surface area contributed by atoms with E-state index in [9.17, 15) is 80.5 Å². The number of phenolic OH excluding ortho intramolecular Hbond substituents is 4. The second kappa shape index (κ2) is 18.7. The summed E-state index contributed by atoms with van der Waals surface area (Å²) in [6.07, 6.45) is -25.9. The zero-order chi connectivity index (χ0) is 44.3. The smallest absolute Gasteiger partial charge is 0.335 e. The number of aliphatic carboxylic acids is 2. The molecule has 3 heterocycles. The maximum absolute atomic E-state index is 12.1. The highest BCUT2D eigenvalue weighted by molar-refractivity contribution is 5.81. The van der Waals surface area contributed by atoms with Gasteiger partial charge in [0.25, 0.3) is 11.9 Å². The van der Waals surface area contributed by atoms with Gasteiger partial charge in [-0.15, -0.1) is 0 Å². The summed E-state index contributed by atoms with van der Waals surface area (Å²) in [6, 6.07) is 3.94. The summed E-state index contributed by atoms with van der Waals surface area (Å²) in [7, 11) is 0. The molecule has 0 spiro atoms. The molecule has 2 aromatic rings. The topological polar surface area (TPSA) is 420 Å². The molecule has 25 nitrogen and oxygen atoms in total. The number of fused-ring (bicyclic) bond motifs is 1. The number of aliphatic hydroxyl groups excluding tert-OH is 8. The van der Waals surface area contributed by atoms with Gasteiger partial charge < -0.3 is 105 Å². The molecule has 330 valence electrons. The Labute approximate surface area is 335 Å². The number of benzene rings is 2. The number of carboxylic acid groups (broad SMARTS) is 2.